The second kappa shape index (κ2) is 15.1. The number of esters is 2. The van der Waals surface area contributed by atoms with E-state index in [1.165, 1.54) is 14.2 Å². The van der Waals surface area contributed by atoms with Crippen molar-refractivity contribution in [1.29, 1.82) is 0 Å². The van der Waals surface area contributed by atoms with E-state index < -0.39 is 10.8 Å². The molecule has 9 nitrogen and oxygen atoms in total. The second-order valence-electron chi connectivity index (χ2n) is 22.1. The quantitative estimate of drug-likeness (QED) is 0.166. The molecule has 0 aliphatic heterocycles. The molecule has 0 bridgehead atoms. The Kier molecular flexibility index (Phi) is 11.0. The Morgan fingerprint density at radius 3 is 1.59 bits per heavy atom. The van der Waals surface area contributed by atoms with Crippen LogP contribution in [0.15, 0.2) is 11.6 Å². The predicted octanol–water partition coefficient (Wildman–Crippen LogP) is 8.53. The Bertz CT molecular complexity index is 1850. The van der Waals surface area contributed by atoms with Crippen LogP contribution in [0.3, 0.4) is 0 Å². The van der Waals surface area contributed by atoms with Crippen molar-refractivity contribution in [3.05, 3.63) is 11.6 Å². The minimum absolute atomic E-state index is 0.00934. The summed E-state index contributed by atoms with van der Waals surface area (Å²) >= 11 is 0. The molecule has 9 heteroatoms. The molecule has 17 atom stereocenters. The molecule has 3 unspecified atom stereocenters. The molecule has 0 aromatic carbocycles. The molecule has 0 spiro atoms. The van der Waals surface area contributed by atoms with Crippen LogP contribution in [0, 0.1) is 98.6 Å². The van der Waals surface area contributed by atoms with Gasteiger partial charge in [0.05, 0.1) is 14.2 Å². The monoisotopic (exact) mass is 815 g/mol. The van der Waals surface area contributed by atoms with E-state index in [1.807, 2.05) is 0 Å². The Morgan fingerprint density at radius 2 is 1.08 bits per heavy atom. The van der Waals surface area contributed by atoms with E-state index in [4.69, 9.17) is 9.47 Å². The highest BCUT2D eigenvalue weighted by atomic mass is 16.5. The lowest BCUT2D eigenvalue weighted by molar-refractivity contribution is -0.170. The van der Waals surface area contributed by atoms with Gasteiger partial charge in [-0.1, -0.05) is 53.2 Å². The number of methoxy groups -OCH3 is 2. The van der Waals surface area contributed by atoms with Gasteiger partial charge < -0.3 is 9.47 Å². The summed E-state index contributed by atoms with van der Waals surface area (Å²) in [6.07, 6.45) is 12.0. The number of carbonyl (C=O) groups excluding carboxylic acids is 7. The summed E-state index contributed by atoms with van der Waals surface area (Å²) in [4.78, 5) is 96.4. The van der Waals surface area contributed by atoms with Crippen molar-refractivity contribution in [3.8, 4) is 0 Å². The highest BCUT2D eigenvalue weighted by Crippen LogP contribution is 2.70. The van der Waals surface area contributed by atoms with Gasteiger partial charge in [0.15, 0.2) is 0 Å². The Labute approximate surface area is 351 Å². The molecule has 0 radical (unpaired) electrons. The molecule has 8 aliphatic carbocycles. The smallest absolute Gasteiger partial charge is 0.305 e. The second-order valence-corrected chi connectivity index (χ2v) is 22.1. The van der Waals surface area contributed by atoms with E-state index in [2.05, 4.69) is 47.6 Å². The average molecular weight is 815 g/mol. The number of hydrogen-bond acceptors (Lipinski definition) is 9. The van der Waals surface area contributed by atoms with Gasteiger partial charge in [-0.05, 0) is 128 Å². The molecule has 0 amide bonds. The molecule has 8 rings (SSSR count). The minimum atomic E-state index is -0.596. The maximum absolute atomic E-state index is 14.7. The zero-order valence-electron chi connectivity index (χ0n) is 37.1. The Balaban J connectivity index is 1.03. The van der Waals surface area contributed by atoms with E-state index in [0.717, 1.165) is 44.1 Å². The molecule has 324 valence electrons. The fraction of sp³-hybridized carbons (Fsp3) is 0.820. The molecule has 0 heterocycles. The van der Waals surface area contributed by atoms with Crippen LogP contribution in [0.4, 0.5) is 0 Å². The van der Waals surface area contributed by atoms with Crippen molar-refractivity contribution in [3.63, 3.8) is 0 Å². The Hall–Kier alpha value is -2.97. The molecular weight excluding hydrogens is 745 g/mol. The van der Waals surface area contributed by atoms with Gasteiger partial charge in [0.25, 0.3) is 0 Å². The third-order valence-electron chi connectivity index (χ3n) is 20.2. The van der Waals surface area contributed by atoms with Gasteiger partial charge in [-0.3, -0.25) is 33.6 Å². The van der Waals surface area contributed by atoms with Gasteiger partial charge in [0, 0.05) is 73.5 Å². The molecular formula is C50H70O9. The highest BCUT2D eigenvalue weighted by Gasteiger charge is 2.69. The van der Waals surface area contributed by atoms with Crippen molar-refractivity contribution in [2.75, 3.05) is 14.2 Å². The topological polar surface area (TPSA) is 138 Å². The predicted molar refractivity (Wildman–Crippen MR) is 220 cm³/mol. The summed E-state index contributed by atoms with van der Waals surface area (Å²) in [5.74, 6) is 0.242. The zero-order chi connectivity index (χ0) is 42.6. The minimum Gasteiger partial charge on any atom is -0.469 e. The van der Waals surface area contributed by atoms with Gasteiger partial charge in [0.1, 0.15) is 28.9 Å². The van der Waals surface area contributed by atoms with E-state index in [-0.39, 0.29) is 129 Å². The first-order valence-corrected chi connectivity index (χ1v) is 23.3. The van der Waals surface area contributed by atoms with Crippen molar-refractivity contribution >= 4 is 40.9 Å². The summed E-state index contributed by atoms with van der Waals surface area (Å²) in [5.41, 5.74) is -0.650. The van der Waals surface area contributed by atoms with E-state index in [1.54, 1.807) is 0 Å². The van der Waals surface area contributed by atoms with Crippen LogP contribution in [0.25, 0.3) is 0 Å². The normalized spacial score (nSPS) is 46.1. The molecule has 0 N–H and O–H groups in total. The van der Waals surface area contributed by atoms with Gasteiger partial charge >= 0.3 is 11.9 Å². The van der Waals surface area contributed by atoms with Crippen molar-refractivity contribution in [1.82, 2.24) is 0 Å². The van der Waals surface area contributed by atoms with Gasteiger partial charge in [-0.15, -0.1) is 0 Å². The van der Waals surface area contributed by atoms with Crippen LogP contribution in [-0.2, 0) is 43.0 Å². The number of hydrogen-bond donors (Lipinski definition) is 0. The number of ether oxygens (including phenoxy) is 2. The molecule has 0 aromatic heterocycles. The largest absolute Gasteiger partial charge is 0.469 e. The van der Waals surface area contributed by atoms with Crippen molar-refractivity contribution < 1.29 is 43.0 Å². The van der Waals surface area contributed by atoms with Crippen LogP contribution >= 0.6 is 0 Å². The lowest BCUT2D eigenvalue weighted by Gasteiger charge is -2.61. The fourth-order valence-corrected chi connectivity index (χ4v) is 16.8. The van der Waals surface area contributed by atoms with Crippen LogP contribution in [0.2, 0.25) is 0 Å². The highest BCUT2D eigenvalue weighted by molar-refractivity contribution is 5.94. The summed E-state index contributed by atoms with van der Waals surface area (Å²) < 4.78 is 9.81. The Morgan fingerprint density at radius 1 is 0.610 bits per heavy atom. The lowest BCUT2D eigenvalue weighted by atomic mass is 9.41. The van der Waals surface area contributed by atoms with Crippen LogP contribution in [0.5, 0.6) is 0 Å². The van der Waals surface area contributed by atoms with Crippen LogP contribution in [-0.4, -0.2) is 55.1 Å². The number of carbonyl (C=O) groups is 7. The molecule has 7 fully saturated rings. The number of rotatable bonds is 9. The van der Waals surface area contributed by atoms with Crippen LogP contribution in [0.1, 0.15) is 144 Å². The first-order chi connectivity index (χ1) is 27.9. The number of Topliss-reactive ketones (excluding diaryl/α,β-unsaturated/α-hetero) is 5. The number of fused-ring (bicyclic) bond motifs is 10. The molecule has 0 aromatic rings. The SMILES string of the molecule is COC(=O)CC[C@@H](C)[C@H]1CC[C@H]2[C@@H]3C(=O)CC4C=C(C5C(=O)CC[C@@]6(C)C5CC(=O)[C@H]5[C@@H]7CC[C@H]([C@H](C)CCC(=O)OC)[C@@]7(C)C(=O)C[C@@H]56)CC[C@]4(C)[C@H]3CC(=O)[C@]12C. The maximum atomic E-state index is 14.7. The summed E-state index contributed by atoms with van der Waals surface area (Å²) in [7, 11) is 2.81. The maximum Gasteiger partial charge on any atom is 0.305 e. The van der Waals surface area contributed by atoms with Gasteiger partial charge in [-0.2, -0.15) is 0 Å². The number of ketones is 5. The van der Waals surface area contributed by atoms with Gasteiger partial charge in [-0.25, -0.2) is 0 Å². The van der Waals surface area contributed by atoms with E-state index in [9.17, 15) is 33.6 Å². The van der Waals surface area contributed by atoms with Crippen molar-refractivity contribution in [2.24, 2.45) is 98.6 Å². The van der Waals surface area contributed by atoms with E-state index >= 15 is 0 Å². The van der Waals surface area contributed by atoms with E-state index in [0.29, 0.717) is 64.2 Å². The van der Waals surface area contributed by atoms with Crippen molar-refractivity contribution in [2.45, 2.75) is 144 Å². The number of allylic oxidation sites excluding steroid dienone is 2. The van der Waals surface area contributed by atoms with Gasteiger partial charge in [0.2, 0.25) is 0 Å². The molecule has 8 aliphatic rings. The average Bonchev–Trinajstić information content (AvgIpc) is 3.76. The summed E-state index contributed by atoms with van der Waals surface area (Å²) in [5, 5.41) is 0. The third-order valence-corrected chi connectivity index (χ3v) is 20.2. The molecule has 59 heavy (non-hydrogen) atoms. The fourth-order valence-electron chi connectivity index (χ4n) is 16.8. The molecule has 7 saturated carbocycles. The third kappa shape index (κ3) is 6.28. The lowest BCUT2D eigenvalue weighted by Crippen LogP contribution is -2.62. The molecule has 0 saturated heterocycles. The first-order valence-electron chi connectivity index (χ1n) is 23.3. The zero-order valence-corrected chi connectivity index (χ0v) is 37.1. The summed E-state index contributed by atoms with van der Waals surface area (Å²) in [6.45, 7) is 13.1. The standard InChI is InChI=1S/C50H70O9/c1-26(9-15-42(56)58-7)30-11-13-32-45-35(24-40(54)49(30,32)5)47(3)19-17-28(21-29(47)22-38(45)52)44-34-23-39(53)46-33-14-12-31(27(2)10-16-43(57)59-8)50(33,6)41(55)25-36(46)48(34,4)20-18-37(44)51/h21,26-27,29-36,44-46H,9-20,22-25H2,1-8H3/t26-,27-,29?,30-,31-,32+,33+,34?,35+,36+,44?,45+,46+,47+,48+,49-,50-/m1/s1. The summed E-state index contributed by atoms with van der Waals surface area (Å²) in [6, 6.07) is 0. The van der Waals surface area contributed by atoms with Crippen LogP contribution < -0.4 is 0 Å². The first kappa shape index (κ1) is 42.7.